The van der Waals surface area contributed by atoms with Gasteiger partial charge in [-0.1, -0.05) is 12.1 Å². The van der Waals surface area contributed by atoms with E-state index in [1.54, 1.807) is 6.08 Å². The number of hydrogen-bond acceptors (Lipinski definition) is 1. The van der Waals surface area contributed by atoms with Gasteiger partial charge in [0.05, 0.1) is 0 Å². The number of nitrogens with zero attached hydrogens (tertiary/aromatic N) is 1. The first-order chi connectivity index (χ1) is 7.04. The Morgan fingerprint density at radius 1 is 1.40 bits per heavy atom. The van der Waals surface area contributed by atoms with Gasteiger partial charge in [-0.15, -0.1) is 6.58 Å². The van der Waals surface area contributed by atoms with Gasteiger partial charge < -0.3 is 5.11 Å². The number of amides is 1. The van der Waals surface area contributed by atoms with Gasteiger partial charge in [-0.25, -0.2) is 4.79 Å². The van der Waals surface area contributed by atoms with E-state index in [2.05, 4.69) is 6.58 Å². The highest BCUT2D eigenvalue weighted by Gasteiger charge is 2.12. The average molecular weight is 205 g/mol. The van der Waals surface area contributed by atoms with Crippen molar-refractivity contribution in [2.24, 2.45) is 0 Å². The van der Waals surface area contributed by atoms with E-state index in [-0.39, 0.29) is 0 Å². The van der Waals surface area contributed by atoms with Crippen molar-refractivity contribution < 1.29 is 9.90 Å². The second kappa shape index (κ2) is 4.64. The number of carbonyl (C=O) groups is 1. The normalized spacial score (nSPS) is 9.73. The Labute approximate surface area is 89.6 Å². The van der Waals surface area contributed by atoms with E-state index < -0.39 is 6.09 Å². The van der Waals surface area contributed by atoms with E-state index in [9.17, 15) is 4.79 Å². The standard InChI is InChI=1S/C12H15NO2/c1-4-5-13(12(14)15)11-7-9(2)6-10(3)8-11/h4,6-8H,1,5H2,2-3H3,(H,14,15). The topological polar surface area (TPSA) is 40.5 Å². The number of aryl methyl sites for hydroxylation is 2. The second-order valence-electron chi connectivity index (χ2n) is 3.53. The van der Waals surface area contributed by atoms with E-state index >= 15 is 0 Å². The molecule has 0 fully saturated rings. The largest absolute Gasteiger partial charge is 0.465 e. The van der Waals surface area contributed by atoms with E-state index in [0.717, 1.165) is 11.1 Å². The third kappa shape index (κ3) is 2.84. The fourth-order valence-electron chi connectivity index (χ4n) is 1.53. The van der Waals surface area contributed by atoms with Gasteiger partial charge in [-0.2, -0.15) is 0 Å². The first-order valence-electron chi connectivity index (χ1n) is 4.74. The molecule has 15 heavy (non-hydrogen) atoms. The molecule has 1 amide bonds. The Kier molecular flexibility index (Phi) is 3.50. The zero-order valence-corrected chi connectivity index (χ0v) is 9.03. The monoisotopic (exact) mass is 205 g/mol. The van der Waals surface area contributed by atoms with Gasteiger partial charge in [0.15, 0.2) is 0 Å². The van der Waals surface area contributed by atoms with Gasteiger partial charge in [-0.3, -0.25) is 4.90 Å². The van der Waals surface area contributed by atoms with Crippen LogP contribution in [0.25, 0.3) is 0 Å². The minimum atomic E-state index is -0.958. The van der Waals surface area contributed by atoms with Crippen LogP contribution >= 0.6 is 0 Å². The molecule has 0 bridgehead atoms. The third-order valence-corrected chi connectivity index (χ3v) is 2.06. The molecule has 1 rings (SSSR count). The summed E-state index contributed by atoms with van der Waals surface area (Å²) >= 11 is 0. The van der Waals surface area contributed by atoms with Crippen molar-refractivity contribution in [3.05, 3.63) is 42.0 Å². The van der Waals surface area contributed by atoms with Crippen molar-refractivity contribution in [3.8, 4) is 0 Å². The number of anilines is 1. The molecule has 0 unspecified atom stereocenters. The van der Waals surface area contributed by atoms with E-state index in [0.29, 0.717) is 12.2 Å². The van der Waals surface area contributed by atoms with Crippen molar-refractivity contribution >= 4 is 11.8 Å². The summed E-state index contributed by atoms with van der Waals surface area (Å²) in [6, 6.07) is 5.71. The van der Waals surface area contributed by atoms with Gasteiger partial charge in [0, 0.05) is 12.2 Å². The molecule has 1 aromatic carbocycles. The maximum atomic E-state index is 11.0. The SMILES string of the molecule is C=CCN(C(=O)O)c1cc(C)cc(C)c1. The molecule has 0 aliphatic heterocycles. The Bertz CT molecular complexity index is 365. The average Bonchev–Trinajstić information content (AvgIpc) is 2.11. The van der Waals surface area contributed by atoms with Crippen molar-refractivity contribution in [1.82, 2.24) is 0 Å². The number of hydrogen-bond donors (Lipinski definition) is 1. The van der Waals surface area contributed by atoms with Gasteiger partial charge >= 0.3 is 6.09 Å². The van der Waals surface area contributed by atoms with Gasteiger partial charge in [0.25, 0.3) is 0 Å². The predicted molar refractivity (Wildman–Crippen MR) is 61.5 cm³/mol. The summed E-state index contributed by atoms with van der Waals surface area (Å²) in [6.45, 7) is 7.75. The molecule has 0 aromatic heterocycles. The quantitative estimate of drug-likeness (QED) is 0.770. The van der Waals surface area contributed by atoms with Gasteiger partial charge in [0.1, 0.15) is 0 Å². The molecule has 1 aromatic rings. The van der Waals surface area contributed by atoms with Crippen LogP contribution in [0.3, 0.4) is 0 Å². The van der Waals surface area contributed by atoms with Crippen molar-refractivity contribution in [2.75, 3.05) is 11.4 Å². The lowest BCUT2D eigenvalue weighted by Gasteiger charge is -2.18. The summed E-state index contributed by atoms with van der Waals surface area (Å²) in [6.07, 6.45) is 0.617. The molecule has 0 saturated carbocycles. The van der Waals surface area contributed by atoms with Crippen LogP contribution in [0.5, 0.6) is 0 Å². The second-order valence-corrected chi connectivity index (χ2v) is 3.53. The van der Waals surface area contributed by atoms with Crippen LogP contribution in [-0.2, 0) is 0 Å². The lowest BCUT2D eigenvalue weighted by Crippen LogP contribution is -2.29. The van der Waals surface area contributed by atoms with Crippen LogP contribution < -0.4 is 4.90 Å². The fraction of sp³-hybridized carbons (Fsp3) is 0.250. The predicted octanol–water partition coefficient (Wildman–Crippen LogP) is 2.97. The van der Waals surface area contributed by atoms with E-state index in [1.165, 1.54) is 4.90 Å². The first kappa shape index (κ1) is 11.3. The minimum Gasteiger partial charge on any atom is -0.465 e. The zero-order chi connectivity index (χ0) is 11.4. The van der Waals surface area contributed by atoms with Crippen molar-refractivity contribution in [1.29, 1.82) is 0 Å². The smallest absolute Gasteiger partial charge is 0.412 e. The molecular formula is C12H15NO2. The van der Waals surface area contributed by atoms with Crippen molar-refractivity contribution in [2.45, 2.75) is 13.8 Å². The minimum absolute atomic E-state index is 0.304. The molecule has 3 heteroatoms. The summed E-state index contributed by atoms with van der Waals surface area (Å²) in [4.78, 5) is 12.3. The van der Waals surface area contributed by atoms with Crippen molar-refractivity contribution in [3.63, 3.8) is 0 Å². The molecule has 0 aliphatic rings. The summed E-state index contributed by atoms with van der Waals surface area (Å²) in [5.41, 5.74) is 2.81. The van der Waals surface area contributed by atoms with Crippen LogP contribution in [0.15, 0.2) is 30.9 Å². The molecule has 0 spiro atoms. The molecule has 3 nitrogen and oxygen atoms in total. The molecular weight excluding hydrogens is 190 g/mol. The maximum absolute atomic E-state index is 11.0. The Morgan fingerprint density at radius 3 is 2.33 bits per heavy atom. The van der Waals surface area contributed by atoms with E-state index in [1.807, 2.05) is 32.0 Å². The van der Waals surface area contributed by atoms with Gasteiger partial charge in [0.2, 0.25) is 0 Å². The van der Waals surface area contributed by atoms with E-state index in [4.69, 9.17) is 5.11 Å². The van der Waals surface area contributed by atoms with Crippen LogP contribution in [0.4, 0.5) is 10.5 Å². The lowest BCUT2D eigenvalue weighted by atomic mass is 10.1. The van der Waals surface area contributed by atoms with Crippen LogP contribution in [0.1, 0.15) is 11.1 Å². The highest BCUT2D eigenvalue weighted by molar-refractivity contribution is 5.86. The molecule has 0 heterocycles. The summed E-state index contributed by atoms with van der Waals surface area (Å²) in [7, 11) is 0. The number of carboxylic acid groups (broad SMARTS) is 1. The maximum Gasteiger partial charge on any atom is 0.412 e. The Hall–Kier alpha value is -1.77. The molecule has 1 N–H and O–H groups in total. The highest BCUT2D eigenvalue weighted by Crippen LogP contribution is 2.18. The summed E-state index contributed by atoms with van der Waals surface area (Å²) in [5, 5.41) is 9.02. The molecule has 0 aliphatic carbocycles. The summed E-state index contributed by atoms with van der Waals surface area (Å²) in [5.74, 6) is 0. The third-order valence-electron chi connectivity index (χ3n) is 2.06. The Morgan fingerprint density at radius 2 is 1.93 bits per heavy atom. The highest BCUT2D eigenvalue weighted by atomic mass is 16.4. The molecule has 80 valence electrons. The first-order valence-corrected chi connectivity index (χ1v) is 4.74. The molecule has 0 atom stereocenters. The van der Waals surface area contributed by atoms with Crippen LogP contribution in [0.2, 0.25) is 0 Å². The number of rotatable bonds is 3. The fourth-order valence-corrected chi connectivity index (χ4v) is 1.53. The molecule has 0 radical (unpaired) electrons. The lowest BCUT2D eigenvalue weighted by molar-refractivity contribution is 0.202. The number of benzene rings is 1. The van der Waals surface area contributed by atoms with Crippen LogP contribution in [0, 0.1) is 13.8 Å². The molecule has 0 saturated heterocycles. The Balaban J connectivity index is 3.10. The summed E-state index contributed by atoms with van der Waals surface area (Å²) < 4.78 is 0. The van der Waals surface area contributed by atoms with Crippen LogP contribution in [-0.4, -0.2) is 17.7 Å². The van der Waals surface area contributed by atoms with Gasteiger partial charge in [-0.05, 0) is 37.1 Å². The zero-order valence-electron chi connectivity index (χ0n) is 9.03.